The Labute approximate surface area is 124 Å². The molecule has 5 heteroatoms. The summed E-state index contributed by atoms with van der Waals surface area (Å²) in [5, 5.41) is 3.36. The molecular formula is C16H21FN2O2. The molecule has 0 saturated carbocycles. The van der Waals surface area contributed by atoms with Crippen LogP contribution in [0.4, 0.5) is 4.39 Å². The van der Waals surface area contributed by atoms with Crippen LogP contribution >= 0.6 is 0 Å². The number of rotatable bonds is 5. The molecular weight excluding hydrogens is 271 g/mol. The van der Waals surface area contributed by atoms with Gasteiger partial charge in [0.15, 0.2) is 11.7 Å². The molecule has 114 valence electrons. The monoisotopic (exact) mass is 292 g/mol. The summed E-state index contributed by atoms with van der Waals surface area (Å²) >= 11 is 0. The number of aromatic nitrogens is 1. The molecule has 21 heavy (non-hydrogen) atoms. The molecule has 1 aromatic heterocycles. The molecule has 0 radical (unpaired) electrons. The van der Waals surface area contributed by atoms with E-state index in [2.05, 4.69) is 31.1 Å². The van der Waals surface area contributed by atoms with Crippen molar-refractivity contribution >= 4 is 0 Å². The molecule has 0 aliphatic rings. The maximum Gasteiger partial charge on any atom is 0.196 e. The van der Waals surface area contributed by atoms with E-state index in [0.29, 0.717) is 29.4 Å². The molecule has 2 aromatic rings. The first-order chi connectivity index (χ1) is 9.89. The summed E-state index contributed by atoms with van der Waals surface area (Å²) in [6.45, 7) is 7.05. The molecule has 0 bridgehead atoms. The highest BCUT2D eigenvalue weighted by Crippen LogP contribution is 2.26. The van der Waals surface area contributed by atoms with Crippen LogP contribution in [0.15, 0.2) is 28.8 Å². The predicted octanol–water partition coefficient (Wildman–Crippen LogP) is 3.42. The van der Waals surface area contributed by atoms with Gasteiger partial charge in [-0.05, 0) is 32.9 Å². The molecule has 0 saturated heterocycles. The van der Waals surface area contributed by atoms with Crippen molar-refractivity contribution in [1.29, 1.82) is 0 Å². The van der Waals surface area contributed by atoms with Crippen LogP contribution in [0.2, 0.25) is 0 Å². The van der Waals surface area contributed by atoms with Gasteiger partial charge in [-0.15, -0.1) is 0 Å². The Kier molecular flexibility index (Phi) is 4.63. The number of hydrogen-bond acceptors (Lipinski definition) is 4. The lowest BCUT2D eigenvalue weighted by atomic mass is 10.1. The number of ether oxygens (including phenoxy) is 1. The maximum atomic E-state index is 14.0. The molecule has 0 amide bonds. The van der Waals surface area contributed by atoms with E-state index >= 15 is 0 Å². The summed E-state index contributed by atoms with van der Waals surface area (Å²) in [5.41, 5.74) is 0.440. The van der Waals surface area contributed by atoms with Crippen molar-refractivity contribution in [1.82, 2.24) is 10.3 Å². The average Bonchev–Trinajstić information content (AvgIpc) is 2.85. The van der Waals surface area contributed by atoms with Gasteiger partial charge >= 0.3 is 0 Å². The molecule has 1 heterocycles. The molecule has 4 nitrogen and oxygen atoms in total. The Morgan fingerprint density at radius 3 is 2.71 bits per heavy atom. The fraction of sp³-hybridized carbons (Fsp3) is 0.438. The summed E-state index contributed by atoms with van der Waals surface area (Å²) in [6, 6.07) is 4.66. The third kappa shape index (κ3) is 4.29. The van der Waals surface area contributed by atoms with Crippen molar-refractivity contribution in [3.63, 3.8) is 0 Å². The Balaban J connectivity index is 2.06. The zero-order valence-corrected chi connectivity index (χ0v) is 12.9. The van der Waals surface area contributed by atoms with E-state index in [1.165, 1.54) is 13.2 Å². The fourth-order valence-electron chi connectivity index (χ4n) is 1.92. The van der Waals surface area contributed by atoms with Crippen molar-refractivity contribution in [3.8, 4) is 17.1 Å². The van der Waals surface area contributed by atoms with Crippen LogP contribution in [0.25, 0.3) is 11.3 Å². The van der Waals surface area contributed by atoms with Gasteiger partial charge in [-0.3, -0.25) is 0 Å². The van der Waals surface area contributed by atoms with Gasteiger partial charge in [-0.1, -0.05) is 0 Å². The number of nitrogens with zero attached hydrogens (tertiary/aromatic N) is 1. The van der Waals surface area contributed by atoms with Crippen LogP contribution in [-0.2, 0) is 6.42 Å². The normalized spacial score (nSPS) is 11.7. The molecule has 0 spiro atoms. The third-order valence-electron chi connectivity index (χ3n) is 2.99. The van der Waals surface area contributed by atoms with Gasteiger partial charge in [-0.2, -0.15) is 0 Å². The van der Waals surface area contributed by atoms with Crippen LogP contribution < -0.4 is 10.1 Å². The van der Waals surface area contributed by atoms with Gasteiger partial charge in [0, 0.05) is 24.6 Å². The molecule has 2 rings (SSSR count). The lowest BCUT2D eigenvalue weighted by Crippen LogP contribution is -2.37. The van der Waals surface area contributed by atoms with Crippen molar-refractivity contribution in [2.45, 2.75) is 32.7 Å². The Morgan fingerprint density at radius 2 is 2.10 bits per heavy atom. The van der Waals surface area contributed by atoms with Crippen molar-refractivity contribution in [3.05, 3.63) is 36.1 Å². The lowest BCUT2D eigenvalue weighted by molar-refractivity contribution is 0.409. The molecule has 0 fully saturated rings. The molecule has 0 aliphatic heterocycles. The van der Waals surface area contributed by atoms with E-state index in [1.54, 1.807) is 18.3 Å². The number of methoxy groups -OCH3 is 1. The van der Waals surface area contributed by atoms with Crippen molar-refractivity contribution in [2.24, 2.45) is 0 Å². The predicted molar refractivity (Wildman–Crippen MR) is 79.9 cm³/mol. The molecule has 0 aliphatic carbocycles. The minimum Gasteiger partial charge on any atom is -0.497 e. The SMILES string of the molecule is COc1ccc(-c2cnc(CCNC(C)(C)C)o2)c(F)c1. The Bertz CT molecular complexity index is 603. The number of hydrogen-bond donors (Lipinski definition) is 1. The second kappa shape index (κ2) is 6.26. The quantitative estimate of drug-likeness (QED) is 0.917. The number of oxazole rings is 1. The smallest absolute Gasteiger partial charge is 0.196 e. The molecule has 1 N–H and O–H groups in total. The lowest BCUT2D eigenvalue weighted by Gasteiger charge is -2.19. The van der Waals surface area contributed by atoms with Gasteiger partial charge in [-0.25, -0.2) is 9.37 Å². The van der Waals surface area contributed by atoms with Gasteiger partial charge in [0.1, 0.15) is 11.6 Å². The second-order valence-electron chi connectivity index (χ2n) is 5.89. The summed E-state index contributed by atoms with van der Waals surface area (Å²) in [6.07, 6.45) is 2.21. The largest absolute Gasteiger partial charge is 0.497 e. The molecule has 1 aromatic carbocycles. The van der Waals surface area contributed by atoms with Crippen molar-refractivity contribution < 1.29 is 13.5 Å². The maximum absolute atomic E-state index is 14.0. The minimum absolute atomic E-state index is 0.0531. The Hall–Kier alpha value is -1.88. The first-order valence-corrected chi connectivity index (χ1v) is 6.93. The van der Waals surface area contributed by atoms with Crippen LogP contribution in [0.5, 0.6) is 5.75 Å². The van der Waals surface area contributed by atoms with E-state index in [4.69, 9.17) is 9.15 Å². The second-order valence-corrected chi connectivity index (χ2v) is 5.89. The van der Waals surface area contributed by atoms with Crippen molar-refractivity contribution in [2.75, 3.05) is 13.7 Å². The highest BCUT2D eigenvalue weighted by atomic mass is 19.1. The topological polar surface area (TPSA) is 47.3 Å². The number of nitrogens with one attached hydrogen (secondary N) is 1. The summed E-state index contributed by atoms with van der Waals surface area (Å²) in [4.78, 5) is 4.19. The van der Waals surface area contributed by atoms with Crippen LogP contribution in [-0.4, -0.2) is 24.2 Å². The van der Waals surface area contributed by atoms with Crippen LogP contribution in [0.1, 0.15) is 26.7 Å². The van der Waals surface area contributed by atoms with E-state index in [0.717, 1.165) is 6.54 Å². The van der Waals surface area contributed by atoms with E-state index in [-0.39, 0.29) is 11.4 Å². The fourth-order valence-corrected chi connectivity index (χ4v) is 1.92. The third-order valence-corrected chi connectivity index (χ3v) is 2.99. The average molecular weight is 292 g/mol. The van der Waals surface area contributed by atoms with Gasteiger partial charge in [0.2, 0.25) is 0 Å². The van der Waals surface area contributed by atoms with E-state index in [9.17, 15) is 4.39 Å². The highest BCUT2D eigenvalue weighted by molar-refractivity contribution is 5.58. The first kappa shape index (κ1) is 15.5. The summed E-state index contributed by atoms with van der Waals surface area (Å²) in [7, 11) is 1.50. The number of halogens is 1. The van der Waals surface area contributed by atoms with E-state index < -0.39 is 0 Å². The Morgan fingerprint density at radius 1 is 1.33 bits per heavy atom. The standard InChI is InChI=1S/C16H21FN2O2/c1-16(2,3)19-8-7-15-18-10-14(21-15)12-6-5-11(20-4)9-13(12)17/h5-6,9-10,19H,7-8H2,1-4H3. The number of benzene rings is 1. The van der Waals surface area contributed by atoms with Crippen LogP contribution in [0, 0.1) is 5.82 Å². The summed E-state index contributed by atoms with van der Waals surface area (Å²) < 4.78 is 24.5. The highest BCUT2D eigenvalue weighted by Gasteiger charge is 2.13. The minimum atomic E-state index is -0.384. The van der Waals surface area contributed by atoms with E-state index in [1.807, 2.05) is 0 Å². The molecule has 0 unspecified atom stereocenters. The van der Waals surface area contributed by atoms with Crippen LogP contribution in [0.3, 0.4) is 0 Å². The zero-order valence-electron chi connectivity index (χ0n) is 12.9. The molecule has 0 atom stereocenters. The van der Waals surface area contributed by atoms with Gasteiger partial charge in [0.25, 0.3) is 0 Å². The summed E-state index contributed by atoms with van der Waals surface area (Å²) in [5.74, 6) is 1.12. The van der Waals surface area contributed by atoms with Gasteiger partial charge in [0.05, 0.1) is 18.9 Å². The van der Waals surface area contributed by atoms with Gasteiger partial charge < -0.3 is 14.5 Å². The zero-order chi connectivity index (χ0) is 15.5. The first-order valence-electron chi connectivity index (χ1n) is 6.93.